The molecule has 0 atom stereocenters. The first kappa shape index (κ1) is 19.6. The van der Waals surface area contributed by atoms with Crippen LogP contribution in [0.2, 0.25) is 0 Å². The van der Waals surface area contributed by atoms with E-state index < -0.39 is 10.0 Å². The van der Waals surface area contributed by atoms with Gasteiger partial charge in [0.05, 0.1) is 0 Å². The summed E-state index contributed by atoms with van der Waals surface area (Å²) in [5.74, 6) is 2.43. The van der Waals surface area contributed by atoms with Gasteiger partial charge in [0.25, 0.3) is 10.0 Å². The third-order valence-corrected chi connectivity index (χ3v) is 6.35. The van der Waals surface area contributed by atoms with Crippen molar-refractivity contribution in [2.75, 3.05) is 42.9 Å². The zero-order chi connectivity index (χ0) is 19.6. The molecule has 0 unspecified atom stereocenters. The SMILES string of the molecule is CCNc1ccc(N2CCN(S(=O)(=O)c3cn(C)c(C(C)C)n3)CC2)nn1. The zero-order valence-corrected chi connectivity index (χ0v) is 17.1. The van der Waals surface area contributed by atoms with Crippen LogP contribution in [0.25, 0.3) is 0 Å². The number of rotatable bonds is 6. The first-order chi connectivity index (χ1) is 12.8. The van der Waals surface area contributed by atoms with Gasteiger partial charge in [-0.05, 0) is 19.1 Å². The standard InChI is InChI=1S/C17H27N7O2S/c1-5-18-14-6-7-15(21-20-14)23-8-10-24(11-9-23)27(25,26)16-12-22(4)17(19-16)13(2)3/h6-7,12-13H,5,8-11H2,1-4H3,(H,18,20). The lowest BCUT2D eigenvalue weighted by molar-refractivity contribution is 0.382. The van der Waals surface area contributed by atoms with Crippen LogP contribution in [0.5, 0.6) is 0 Å². The van der Waals surface area contributed by atoms with Crippen molar-refractivity contribution in [2.24, 2.45) is 7.05 Å². The highest BCUT2D eigenvalue weighted by Crippen LogP contribution is 2.22. The minimum absolute atomic E-state index is 0.122. The molecule has 10 heteroatoms. The maximum atomic E-state index is 12.9. The molecule has 1 aliphatic rings. The van der Waals surface area contributed by atoms with Crippen LogP contribution in [-0.4, -0.2) is 65.2 Å². The van der Waals surface area contributed by atoms with Crippen LogP contribution in [0.1, 0.15) is 32.5 Å². The van der Waals surface area contributed by atoms with Crippen molar-refractivity contribution < 1.29 is 8.42 Å². The van der Waals surface area contributed by atoms with Gasteiger partial charge in [0, 0.05) is 51.9 Å². The number of sulfonamides is 1. The number of anilines is 2. The van der Waals surface area contributed by atoms with Gasteiger partial charge in [-0.3, -0.25) is 0 Å². The molecule has 0 radical (unpaired) electrons. The summed E-state index contributed by atoms with van der Waals surface area (Å²) in [5.41, 5.74) is 0. The Morgan fingerprint density at radius 1 is 1.15 bits per heavy atom. The van der Waals surface area contributed by atoms with Crippen molar-refractivity contribution in [3.05, 3.63) is 24.2 Å². The number of nitrogens with one attached hydrogen (secondary N) is 1. The number of imidazole rings is 1. The Labute approximate surface area is 160 Å². The second kappa shape index (κ2) is 7.81. The fourth-order valence-electron chi connectivity index (χ4n) is 3.17. The van der Waals surface area contributed by atoms with E-state index in [1.807, 2.05) is 44.9 Å². The highest BCUT2D eigenvalue weighted by atomic mass is 32.2. The predicted octanol–water partition coefficient (Wildman–Crippen LogP) is 1.28. The third kappa shape index (κ3) is 4.06. The van der Waals surface area contributed by atoms with E-state index in [0.717, 1.165) is 24.0 Å². The van der Waals surface area contributed by atoms with Gasteiger partial charge in [0.1, 0.15) is 11.6 Å². The van der Waals surface area contributed by atoms with Gasteiger partial charge in [0.15, 0.2) is 10.8 Å². The topological polar surface area (TPSA) is 96.2 Å². The Balaban J connectivity index is 1.68. The molecular formula is C17H27N7O2S. The molecule has 0 aliphatic carbocycles. The van der Waals surface area contributed by atoms with Crippen LogP contribution in [0.15, 0.2) is 23.4 Å². The van der Waals surface area contributed by atoms with E-state index in [0.29, 0.717) is 26.2 Å². The van der Waals surface area contributed by atoms with E-state index in [2.05, 4.69) is 20.5 Å². The number of nitrogens with zero attached hydrogens (tertiary/aromatic N) is 6. The summed E-state index contributed by atoms with van der Waals surface area (Å²) >= 11 is 0. The highest BCUT2D eigenvalue weighted by molar-refractivity contribution is 7.89. The predicted molar refractivity (Wildman–Crippen MR) is 104 cm³/mol. The summed E-state index contributed by atoms with van der Waals surface area (Å²) in [5, 5.41) is 11.6. The quantitative estimate of drug-likeness (QED) is 0.789. The second-order valence-electron chi connectivity index (χ2n) is 6.90. The molecule has 0 saturated carbocycles. The lowest BCUT2D eigenvalue weighted by Crippen LogP contribution is -2.49. The molecule has 2 aromatic rings. The van der Waals surface area contributed by atoms with Crippen LogP contribution in [0.3, 0.4) is 0 Å². The molecule has 0 spiro atoms. The summed E-state index contributed by atoms with van der Waals surface area (Å²) in [7, 11) is -1.76. The van der Waals surface area contributed by atoms with Crippen molar-refractivity contribution in [3.8, 4) is 0 Å². The van der Waals surface area contributed by atoms with Crippen LogP contribution in [-0.2, 0) is 17.1 Å². The Bertz CT molecular complexity index is 869. The maximum Gasteiger partial charge on any atom is 0.262 e. The summed E-state index contributed by atoms with van der Waals surface area (Å²) in [6, 6.07) is 3.79. The number of aromatic nitrogens is 4. The molecule has 1 aliphatic heterocycles. The van der Waals surface area contributed by atoms with E-state index in [1.165, 1.54) is 4.31 Å². The summed E-state index contributed by atoms with van der Waals surface area (Å²) in [6.07, 6.45) is 1.60. The van der Waals surface area contributed by atoms with Crippen LogP contribution in [0.4, 0.5) is 11.6 Å². The Morgan fingerprint density at radius 3 is 2.37 bits per heavy atom. The Kier molecular flexibility index (Phi) is 5.66. The van der Waals surface area contributed by atoms with Gasteiger partial charge in [-0.2, -0.15) is 4.31 Å². The van der Waals surface area contributed by atoms with Gasteiger partial charge >= 0.3 is 0 Å². The first-order valence-electron chi connectivity index (χ1n) is 9.19. The van der Waals surface area contributed by atoms with E-state index >= 15 is 0 Å². The monoisotopic (exact) mass is 393 g/mol. The van der Waals surface area contributed by atoms with Crippen molar-refractivity contribution in [1.29, 1.82) is 0 Å². The fourth-order valence-corrected chi connectivity index (χ4v) is 4.58. The van der Waals surface area contributed by atoms with E-state index in [4.69, 9.17) is 0 Å². The number of piperazine rings is 1. The summed E-state index contributed by atoms with van der Waals surface area (Å²) < 4.78 is 29.1. The molecule has 1 fully saturated rings. The Hall–Kier alpha value is -2.20. The van der Waals surface area contributed by atoms with E-state index in [9.17, 15) is 8.42 Å². The lowest BCUT2D eigenvalue weighted by Gasteiger charge is -2.34. The van der Waals surface area contributed by atoms with Crippen molar-refractivity contribution in [3.63, 3.8) is 0 Å². The van der Waals surface area contributed by atoms with Crippen LogP contribution < -0.4 is 10.2 Å². The van der Waals surface area contributed by atoms with Crippen molar-refractivity contribution in [1.82, 2.24) is 24.1 Å². The first-order valence-corrected chi connectivity index (χ1v) is 10.6. The third-order valence-electron chi connectivity index (χ3n) is 4.58. The minimum atomic E-state index is -3.59. The van der Waals surface area contributed by atoms with Gasteiger partial charge < -0.3 is 14.8 Å². The summed E-state index contributed by atoms with van der Waals surface area (Å²) in [6.45, 7) is 8.72. The van der Waals surface area contributed by atoms with Gasteiger partial charge in [-0.25, -0.2) is 13.4 Å². The van der Waals surface area contributed by atoms with Crippen LogP contribution >= 0.6 is 0 Å². The minimum Gasteiger partial charge on any atom is -0.369 e. The van der Waals surface area contributed by atoms with Gasteiger partial charge in [-0.15, -0.1) is 10.2 Å². The molecule has 148 valence electrons. The van der Waals surface area contributed by atoms with Crippen molar-refractivity contribution >= 4 is 21.7 Å². The molecule has 1 N–H and O–H groups in total. The average Bonchev–Trinajstić information content (AvgIpc) is 3.06. The van der Waals surface area contributed by atoms with Gasteiger partial charge in [0.2, 0.25) is 0 Å². The Morgan fingerprint density at radius 2 is 1.85 bits per heavy atom. The highest BCUT2D eigenvalue weighted by Gasteiger charge is 2.31. The normalized spacial score (nSPS) is 16.1. The van der Waals surface area contributed by atoms with E-state index in [1.54, 1.807) is 10.8 Å². The maximum absolute atomic E-state index is 12.9. The molecule has 0 aromatic carbocycles. The number of aryl methyl sites for hydroxylation is 1. The summed E-state index contributed by atoms with van der Waals surface area (Å²) in [4.78, 5) is 6.40. The fraction of sp³-hybridized carbons (Fsp3) is 0.588. The molecule has 27 heavy (non-hydrogen) atoms. The lowest BCUT2D eigenvalue weighted by atomic mass is 10.2. The molecule has 2 aromatic heterocycles. The molecule has 3 heterocycles. The zero-order valence-electron chi connectivity index (χ0n) is 16.3. The second-order valence-corrected chi connectivity index (χ2v) is 8.79. The molecule has 3 rings (SSSR count). The smallest absolute Gasteiger partial charge is 0.262 e. The van der Waals surface area contributed by atoms with Crippen molar-refractivity contribution in [2.45, 2.75) is 31.7 Å². The number of hydrogen-bond donors (Lipinski definition) is 1. The molecular weight excluding hydrogens is 366 g/mol. The molecule has 0 amide bonds. The average molecular weight is 394 g/mol. The molecule has 0 bridgehead atoms. The van der Waals surface area contributed by atoms with Crippen LogP contribution in [0, 0.1) is 0 Å². The molecule has 9 nitrogen and oxygen atoms in total. The van der Waals surface area contributed by atoms with E-state index in [-0.39, 0.29) is 10.9 Å². The molecule has 1 saturated heterocycles. The largest absolute Gasteiger partial charge is 0.369 e. The van der Waals surface area contributed by atoms with Gasteiger partial charge in [-0.1, -0.05) is 13.8 Å². The number of hydrogen-bond acceptors (Lipinski definition) is 7.